The van der Waals surface area contributed by atoms with Gasteiger partial charge in [-0.1, -0.05) is 24.3 Å². The quantitative estimate of drug-likeness (QED) is 0.199. The van der Waals surface area contributed by atoms with Crippen LogP contribution in [0.2, 0.25) is 0 Å². The highest BCUT2D eigenvalue weighted by molar-refractivity contribution is 5.89. The van der Waals surface area contributed by atoms with Crippen LogP contribution in [0.15, 0.2) is 67.0 Å². The van der Waals surface area contributed by atoms with E-state index in [-0.39, 0.29) is 5.56 Å². The van der Waals surface area contributed by atoms with Gasteiger partial charge in [0.05, 0.1) is 17.9 Å². The molecule has 0 saturated heterocycles. The predicted molar refractivity (Wildman–Crippen MR) is 161 cm³/mol. The molecule has 1 aliphatic heterocycles. The lowest BCUT2D eigenvalue weighted by atomic mass is 9.91. The topological polar surface area (TPSA) is 73.1 Å². The van der Waals surface area contributed by atoms with E-state index in [0.717, 1.165) is 35.8 Å². The zero-order valence-corrected chi connectivity index (χ0v) is 24.7. The van der Waals surface area contributed by atoms with E-state index in [4.69, 9.17) is 14.5 Å². The minimum absolute atomic E-state index is 0.0757. The predicted octanol–water partition coefficient (Wildman–Crippen LogP) is 8.33. The Morgan fingerprint density at radius 2 is 1.77 bits per heavy atom. The standard InChI is InChI=1S/C35H31F3N2O4/c1-19-17-40-18-26(21-8-5-7-20(15-21)24-11-12-25(36)31(38)30(24)37)39-33(40)29(28(19)32(34(41)42)44-35(2,3)4)23-10-13-27-22(16-23)9-6-14-43-27/h5,7-8,10-13,15-18,32H,6,9,14H2,1-4H3,(H,41,42). The Labute approximate surface area is 252 Å². The molecule has 0 amide bonds. The summed E-state index contributed by atoms with van der Waals surface area (Å²) in [6, 6.07) is 14.7. The maximum Gasteiger partial charge on any atom is 0.337 e. The number of rotatable bonds is 6. The van der Waals surface area contributed by atoms with Crippen LogP contribution in [0.3, 0.4) is 0 Å². The van der Waals surface area contributed by atoms with Gasteiger partial charge in [-0.3, -0.25) is 0 Å². The average Bonchev–Trinajstić information content (AvgIpc) is 3.41. The van der Waals surface area contributed by atoms with E-state index in [1.807, 2.05) is 56.5 Å². The van der Waals surface area contributed by atoms with E-state index >= 15 is 0 Å². The van der Waals surface area contributed by atoms with E-state index in [1.165, 1.54) is 6.07 Å². The third kappa shape index (κ3) is 5.43. The molecule has 0 aliphatic carbocycles. The SMILES string of the molecule is Cc1cn2cc(-c3cccc(-c4ccc(F)c(F)c4F)c3)nc2c(-c2ccc3c(c2)CCCO3)c1C(OC(C)(C)C)C(=O)O. The van der Waals surface area contributed by atoms with Crippen molar-refractivity contribution in [3.8, 4) is 39.3 Å². The summed E-state index contributed by atoms with van der Waals surface area (Å²) in [6.45, 7) is 7.91. The summed E-state index contributed by atoms with van der Waals surface area (Å²) < 4.78 is 56.1. The van der Waals surface area contributed by atoms with Crippen LogP contribution < -0.4 is 4.74 Å². The lowest BCUT2D eigenvalue weighted by molar-refractivity contribution is -0.160. The van der Waals surface area contributed by atoms with E-state index in [0.29, 0.717) is 45.8 Å². The highest BCUT2D eigenvalue weighted by Gasteiger charge is 2.33. The smallest absolute Gasteiger partial charge is 0.337 e. The van der Waals surface area contributed by atoms with Crippen molar-refractivity contribution < 1.29 is 32.5 Å². The van der Waals surface area contributed by atoms with Crippen LogP contribution in [-0.4, -0.2) is 32.7 Å². The van der Waals surface area contributed by atoms with Crippen molar-refractivity contribution in [2.75, 3.05) is 6.61 Å². The van der Waals surface area contributed by atoms with Gasteiger partial charge < -0.3 is 19.0 Å². The number of pyridine rings is 1. The molecule has 6 nitrogen and oxygen atoms in total. The number of halogens is 3. The second-order valence-electron chi connectivity index (χ2n) is 12.0. The molecule has 0 bridgehead atoms. The minimum Gasteiger partial charge on any atom is -0.493 e. The summed E-state index contributed by atoms with van der Waals surface area (Å²) in [4.78, 5) is 17.7. The van der Waals surface area contributed by atoms with Crippen molar-refractivity contribution >= 4 is 11.6 Å². The lowest BCUT2D eigenvalue weighted by Crippen LogP contribution is -2.28. The molecule has 3 aromatic carbocycles. The van der Waals surface area contributed by atoms with Crippen molar-refractivity contribution in [2.45, 2.75) is 52.2 Å². The van der Waals surface area contributed by atoms with Crippen LogP contribution in [-0.2, 0) is 16.0 Å². The van der Waals surface area contributed by atoms with Gasteiger partial charge in [0.15, 0.2) is 23.6 Å². The van der Waals surface area contributed by atoms with Gasteiger partial charge in [0.1, 0.15) is 11.4 Å². The number of benzene rings is 3. The molecule has 0 radical (unpaired) electrons. The number of hydrogen-bond acceptors (Lipinski definition) is 4. The summed E-state index contributed by atoms with van der Waals surface area (Å²) in [5.74, 6) is -4.38. The second-order valence-corrected chi connectivity index (χ2v) is 12.0. The number of hydrogen-bond donors (Lipinski definition) is 1. The first-order valence-corrected chi connectivity index (χ1v) is 14.3. The van der Waals surface area contributed by atoms with Crippen molar-refractivity contribution in [3.05, 3.63) is 101 Å². The number of ether oxygens (including phenoxy) is 2. The van der Waals surface area contributed by atoms with Gasteiger partial charge in [0.25, 0.3) is 0 Å². The normalized spacial score (nSPS) is 13.9. The Morgan fingerprint density at radius 1 is 1.00 bits per heavy atom. The number of aliphatic carboxylic acids is 1. The fraction of sp³-hybridized carbons (Fsp3) is 0.257. The maximum absolute atomic E-state index is 14.7. The van der Waals surface area contributed by atoms with Gasteiger partial charge in [-0.25, -0.2) is 22.9 Å². The summed E-state index contributed by atoms with van der Waals surface area (Å²) in [7, 11) is 0. The first kappa shape index (κ1) is 29.4. The molecule has 9 heteroatoms. The molecule has 44 heavy (non-hydrogen) atoms. The molecular formula is C35H31F3N2O4. The number of nitrogens with zero attached hydrogens (tertiary/aromatic N) is 2. The van der Waals surface area contributed by atoms with Crippen LogP contribution in [0.5, 0.6) is 5.75 Å². The molecule has 1 aliphatic rings. The van der Waals surface area contributed by atoms with Crippen molar-refractivity contribution in [1.29, 1.82) is 0 Å². The molecule has 3 heterocycles. The Morgan fingerprint density at radius 3 is 2.52 bits per heavy atom. The lowest BCUT2D eigenvalue weighted by Gasteiger charge is -2.28. The molecule has 6 rings (SSSR count). The van der Waals surface area contributed by atoms with Crippen LogP contribution in [0, 0.1) is 24.4 Å². The van der Waals surface area contributed by atoms with Crippen molar-refractivity contribution in [3.63, 3.8) is 0 Å². The molecule has 0 spiro atoms. The van der Waals surface area contributed by atoms with Crippen LogP contribution in [0.25, 0.3) is 39.2 Å². The summed E-state index contributed by atoms with van der Waals surface area (Å²) in [6.07, 6.45) is 4.04. The number of carbonyl (C=O) groups is 1. The number of aromatic nitrogens is 2. The number of fused-ring (bicyclic) bond motifs is 2. The van der Waals surface area contributed by atoms with E-state index in [1.54, 1.807) is 30.5 Å². The molecule has 226 valence electrons. The third-order valence-electron chi connectivity index (χ3n) is 7.64. The van der Waals surface area contributed by atoms with Gasteiger partial charge >= 0.3 is 5.97 Å². The van der Waals surface area contributed by atoms with Crippen molar-refractivity contribution in [1.82, 2.24) is 9.38 Å². The summed E-state index contributed by atoms with van der Waals surface area (Å²) >= 11 is 0. The largest absolute Gasteiger partial charge is 0.493 e. The molecule has 0 saturated carbocycles. The number of imidazole rings is 1. The minimum atomic E-state index is -1.53. The summed E-state index contributed by atoms with van der Waals surface area (Å²) in [5, 5.41) is 10.4. The highest BCUT2D eigenvalue weighted by Crippen LogP contribution is 2.41. The fourth-order valence-corrected chi connectivity index (χ4v) is 5.73. The average molecular weight is 601 g/mol. The Hall–Kier alpha value is -4.63. The fourth-order valence-electron chi connectivity index (χ4n) is 5.73. The number of carboxylic acids is 1. The summed E-state index contributed by atoms with van der Waals surface area (Å²) in [5.41, 5.74) is 4.77. The monoisotopic (exact) mass is 600 g/mol. The van der Waals surface area contributed by atoms with Crippen molar-refractivity contribution in [2.24, 2.45) is 0 Å². The van der Waals surface area contributed by atoms with Gasteiger partial charge in [-0.05, 0) is 93.1 Å². The first-order chi connectivity index (χ1) is 20.9. The molecule has 1 unspecified atom stereocenters. The first-order valence-electron chi connectivity index (χ1n) is 14.3. The van der Waals surface area contributed by atoms with Crippen LogP contribution >= 0.6 is 0 Å². The number of aryl methyl sites for hydroxylation is 2. The van der Waals surface area contributed by atoms with Gasteiger partial charge in [0.2, 0.25) is 0 Å². The van der Waals surface area contributed by atoms with E-state index < -0.39 is 35.1 Å². The molecule has 1 atom stereocenters. The third-order valence-corrected chi connectivity index (χ3v) is 7.64. The number of carboxylic acid groups (broad SMARTS) is 1. The second kappa shape index (κ2) is 11.1. The molecule has 0 fully saturated rings. The van der Waals surface area contributed by atoms with Gasteiger partial charge in [-0.2, -0.15) is 0 Å². The Bertz CT molecular complexity index is 1930. The van der Waals surface area contributed by atoms with Crippen LogP contribution in [0.1, 0.15) is 50.0 Å². The Kier molecular flexibility index (Phi) is 7.45. The molecule has 2 aromatic heterocycles. The van der Waals surface area contributed by atoms with E-state index in [9.17, 15) is 23.1 Å². The van der Waals surface area contributed by atoms with Gasteiger partial charge in [0, 0.05) is 34.6 Å². The maximum atomic E-state index is 14.7. The molecule has 5 aromatic rings. The zero-order chi connectivity index (χ0) is 31.3. The Balaban J connectivity index is 1.57. The van der Waals surface area contributed by atoms with Crippen LogP contribution in [0.4, 0.5) is 13.2 Å². The zero-order valence-electron chi connectivity index (χ0n) is 24.7. The molecular weight excluding hydrogens is 569 g/mol. The van der Waals surface area contributed by atoms with E-state index in [2.05, 4.69) is 0 Å². The highest BCUT2D eigenvalue weighted by atomic mass is 19.2. The molecule has 1 N–H and O–H groups in total. The van der Waals surface area contributed by atoms with Gasteiger partial charge in [-0.15, -0.1) is 0 Å².